The minimum Gasteiger partial charge on any atom is -0.493 e. The Bertz CT molecular complexity index is 674. The van der Waals surface area contributed by atoms with Crippen molar-refractivity contribution in [3.63, 3.8) is 0 Å². The lowest BCUT2D eigenvalue weighted by Gasteiger charge is -2.13. The molecule has 0 saturated heterocycles. The van der Waals surface area contributed by atoms with E-state index < -0.39 is 5.97 Å². The molecule has 0 saturated carbocycles. The summed E-state index contributed by atoms with van der Waals surface area (Å²) in [7, 11) is 0. The summed E-state index contributed by atoms with van der Waals surface area (Å²) in [5.74, 6) is -0.0124. The predicted molar refractivity (Wildman–Crippen MR) is 88.7 cm³/mol. The highest BCUT2D eigenvalue weighted by Gasteiger charge is 2.11. The monoisotopic (exact) mass is 298 g/mol. The van der Waals surface area contributed by atoms with Gasteiger partial charge in [0, 0.05) is 0 Å². The molecule has 0 aromatic heterocycles. The van der Waals surface area contributed by atoms with Gasteiger partial charge in [0.25, 0.3) is 0 Å². The molecular formula is C19H22O3. The molecule has 0 atom stereocenters. The summed E-state index contributed by atoms with van der Waals surface area (Å²) in [5.41, 5.74) is 4.53. The summed E-state index contributed by atoms with van der Waals surface area (Å²) >= 11 is 0. The summed E-state index contributed by atoms with van der Waals surface area (Å²) in [6.45, 7) is 6.87. The molecule has 22 heavy (non-hydrogen) atoms. The van der Waals surface area contributed by atoms with Crippen LogP contribution in [0, 0.1) is 6.92 Å². The zero-order valence-corrected chi connectivity index (χ0v) is 13.3. The second-order valence-electron chi connectivity index (χ2n) is 5.36. The smallest absolute Gasteiger partial charge is 0.335 e. The molecule has 0 bridgehead atoms. The molecule has 0 heterocycles. The maximum absolute atomic E-state index is 11.2. The van der Waals surface area contributed by atoms with Crippen molar-refractivity contribution in [1.29, 1.82) is 0 Å². The summed E-state index contributed by atoms with van der Waals surface area (Å²) in [5, 5.41) is 9.20. The van der Waals surface area contributed by atoms with Crippen LogP contribution in [-0.2, 0) is 6.42 Å². The first-order chi connectivity index (χ1) is 10.6. The topological polar surface area (TPSA) is 46.5 Å². The number of aryl methyl sites for hydroxylation is 2. The molecule has 0 aliphatic heterocycles. The molecule has 116 valence electrons. The van der Waals surface area contributed by atoms with E-state index >= 15 is 0 Å². The number of benzene rings is 2. The van der Waals surface area contributed by atoms with Crippen molar-refractivity contribution in [2.75, 3.05) is 6.61 Å². The third kappa shape index (κ3) is 3.48. The summed E-state index contributed by atoms with van der Waals surface area (Å²) < 4.78 is 5.70. The predicted octanol–water partition coefficient (Wildman–Crippen LogP) is 4.71. The number of rotatable bonds is 6. The van der Waals surface area contributed by atoms with Crippen molar-refractivity contribution >= 4 is 5.97 Å². The Morgan fingerprint density at radius 2 is 1.91 bits per heavy atom. The van der Waals surface area contributed by atoms with Gasteiger partial charge in [0.2, 0.25) is 0 Å². The molecule has 2 aromatic carbocycles. The standard InChI is InChI=1S/C19H22O3/c1-4-10-22-18-9-8-15(11-13(18)3)17-12-16(19(20)21)7-6-14(17)5-2/h6-9,11-12H,4-5,10H2,1-3H3,(H,20,21). The van der Waals surface area contributed by atoms with Gasteiger partial charge in [-0.2, -0.15) is 0 Å². The lowest BCUT2D eigenvalue weighted by atomic mass is 9.94. The first kappa shape index (κ1) is 16.1. The zero-order valence-electron chi connectivity index (χ0n) is 13.3. The van der Waals surface area contributed by atoms with Gasteiger partial charge >= 0.3 is 5.97 Å². The Hall–Kier alpha value is -2.29. The normalized spacial score (nSPS) is 10.5. The number of ether oxygens (including phenoxy) is 1. The molecule has 2 aromatic rings. The Balaban J connectivity index is 2.44. The van der Waals surface area contributed by atoms with Crippen LogP contribution in [0.15, 0.2) is 36.4 Å². The molecule has 1 N–H and O–H groups in total. The average Bonchev–Trinajstić information content (AvgIpc) is 2.53. The van der Waals surface area contributed by atoms with Crippen molar-refractivity contribution in [3.05, 3.63) is 53.1 Å². The fourth-order valence-electron chi connectivity index (χ4n) is 2.48. The second-order valence-corrected chi connectivity index (χ2v) is 5.36. The molecular weight excluding hydrogens is 276 g/mol. The maximum atomic E-state index is 11.2. The highest BCUT2D eigenvalue weighted by Crippen LogP contribution is 2.30. The number of hydrogen-bond donors (Lipinski definition) is 1. The van der Waals surface area contributed by atoms with E-state index in [4.69, 9.17) is 4.74 Å². The molecule has 3 heteroatoms. The zero-order chi connectivity index (χ0) is 16.1. The van der Waals surface area contributed by atoms with E-state index in [0.717, 1.165) is 40.8 Å². The minimum absolute atomic E-state index is 0.316. The summed E-state index contributed by atoms with van der Waals surface area (Å²) in [6, 6.07) is 11.3. The molecule has 0 amide bonds. The number of carbonyl (C=O) groups is 1. The SMILES string of the molecule is CCCOc1ccc(-c2cc(C(=O)O)ccc2CC)cc1C. The van der Waals surface area contributed by atoms with E-state index in [1.807, 2.05) is 25.1 Å². The van der Waals surface area contributed by atoms with Crippen LogP contribution in [-0.4, -0.2) is 17.7 Å². The van der Waals surface area contributed by atoms with Crippen molar-refractivity contribution in [2.45, 2.75) is 33.6 Å². The van der Waals surface area contributed by atoms with Gasteiger partial charge in [-0.05, 0) is 66.3 Å². The van der Waals surface area contributed by atoms with Crippen molar-refractivity contribution in [1.82, 2.24) is 0 Å². The molecule has 0 aliphatic carbocycles. The van der Waals surface area contributed by atoms with Gasteiger partial charge in [0.05, 0.1) is 12.2 Å². The lowest BCUT2D eigenvalue weighted by molar-refractivity contribution is 0.0697. The van der Waals surface area contributed by atoms with Gasteiger partial charge in [0.1, 0.15) is 5.75 Å². The van der Waals surface area contributed by atoms with E-state index in [9.17, 15) is 9.90 Å². The molecule has 2 rings (SSSR count). The molecule has 3 nitrogen and oxygen atoms in total. The van der Waals surface area contributed by atoms with Crippen molar-refractivity contribution < 1.29 is 14.6 Å². The first-order valence-electron chi connectivity index (χ1n) is 7.66. The van der Waals surface area contributed by atoms with Gasteiger partial charge in [-0.15, -0.1) is 0 Å². The van der Waals surface area contributed by atoms with E-state index in [0.29, 0.717) is 12.2 Å². The molecule has 0 fully saturated rings. The molecule has 0 unspecified atom stereocenters. The maximum Gasteiger partial charge on any atom is 0.335 e. The number of aromatic carboxylic acids is 1. The second kappa shape index (κ2) is 7.12. The van der Waals surface area contributed by atoms with Gasteiger partial charge < -0.3 is 9.84 Å². The Labute approximate surface area is 131 Å². The van der Waals surface area contributed by atoms with Gasteiger partial charge in [0.15, 0.2) is 0 Å². The van der Waals surface area contributed by atoms with Crippen LogP contribution in [0.5, 0.6) is 5.75 Å². The fraction of sp³-hybridized carbons (Fsp3) is 0.316. The third-order valence-electron chi connectivity index (χ3n) is 3.69. The summed E-state index contributed by atoms with van der Waals surface area (Å²) in [4.78, 5) is 11.2. The van der Waals surface area contributed by atoms with Crippen LogP contribution in [0.4, 0.5) is 0 Å². The molecule has 0 radical (unpaired) electrons. The van der Waals surface area contributed by atoms with Crippen LogP contribution in [0.3, 0.4) is 0 Å². The van der Waals surface area contributed by atoms with Gasteiger partial charge in [-0.1, -0.05) is 26.0 Å². The van der Waals surface area contributed by atoms with Crippen LogP contribution in [0.1, 0.15) is 41.8 Å². The fourth-order valence-corrected chi connectivity index (χ4v) is 2.48. The van der Waals surface area contributed by atoms with E-state index in [2.05, 4.69) is 19.9 Å². The first-order valence-corrected chi connectivity index (χ1v) is 7.66. The van der Waals surface area contributed by atoms with Crippen LogP contribution in [0.25, 0.3) is 11.1 Å². The third-order valence-corrected chi connectivity index (χ3v) is 3.69. The Morgan fingerprint density at radius 1 is 1.14 bits per heavy atom. The highest BCUT2D eigenvalue weighted by atomic mass is 16.5. The Morgan fingerprint density at radius 3 is 2.50 bits per heavy atom. The van der Waals surface area contributed by atoms with Crippen LogP contribution < -0.4 is 4.74 Å². The van der Waals surface area contributed by atoms with E-state index in [1.54, 1.807) is 12.1 Å². The van der Waals surface area contributed by atoms with Gasteiger partial charge in [-0.3, -0.25) is 0 Å². The number of carboxylic acid groups (broad SMARTS) is 1. The van der Waals surface area contributed by atoms with E-state index in [-0.39, 0.29) is 0 Å². The van der Waals surface area contributed by atoms with Crippen LogP contribution >= 0.6 is 0 Å². The average molecular weight is 298 g/mol. The minimum atomic E-state index is -0.900. The van der Waals surface area contributed by atoms with Crippen LogP contribution in [0.2, 0.25) is 0 Å². The molecule has 0 aliphatic rings. The van der Waals surface area contributed by atoms with E-state index in [1.165, 1.54) is 0 Å². The Kier molecular flexibility index (Phi) is 5.21. The lowest BCUT2D eigenvalue weighted by Crippen LogP contribution is -1.99. The summed E-state index contributed by atoms with van der Waals surface area (Å²) in [6.07, 6.45) is 1.84. The van der Waals surface area contributed by atoms with Crippen molar-refractivity contribution in [3.8, 4) is 16.9 Å². The number of carboxylic acids is 1. The largest absolute Gasteiger partial charge is 0.493 e. The number of hydrogen-bond acceptors (Lipinski definition) is 2. The highest BCUT2D eigenvalue weighted by molar-refractivity contribution is 5.90. The molecule has 0 spiro atoms. The van der Waals surface area contributed by atoms with Gasteiger partial charge in [-0.25, -0.2) is 4.79 Å². The van der Waals surface area contributed by atoms with Crippen molar-refractivity contribution in [2.24, 2.45) is 0 Å². The quantitative estimate of drug-likeness (QED) is 0.840.